The monoisotopic (exact) mass is 557 g/mol. The second-order valence-corrected chi connectivity index (χ2v) is 10.2. The topological polar surface area (TPSA) is 70.8 Å². The minimum atomic E-state index is -1.08. The van der Waals surface area contributed by atoms with E-state index in [1.165, 1.54) is 4.90 Å². The lowest BCUT2D eigenvalue weighted by molar-refractivity contribution is -0.150. The number of nitrogens with zero attached hydrogens (tertiary/aromatic N) is 1. The lowest BCUT2D eigenvalue weighted by atomic mass is 10.0. The Bertz CT molecular complexity index is 1600. The van der Waals surface area contributed by atoms with Gasteiger partial charge in [0.1, 0.15) is 17.4 Å². The third-order valence-electron chi connectivity index (χ3n) is 6.60. The molecular weight excluding hydrogens is 533 g/mol. The Morgan fingerprint density at radius 1 is 0.821 bits per heavy atom. The maximum Gasteiger partial charge on any atom is 0.326 e. The second kappa shape index (κ2) is 11.8. The number of rotatable bonds is 9. The van der Waals surface area contributed by atoms with Crippen molar-refractivity contribution in [2.24, 2.45) is 0 Å². The van der Waals surface area contributed by atoms with Gasteiger partial charge in [-0.1, -0.05) is 96.0 Å². The number of carbonyl (C=O) groups excluding carboxylic acids is 1. The molecule has 1 heterocycles. The summed E-state index contributed by atoms with van der Waals surface area (Å²) in [6.45, 7) is 0.0991. The Kier molecular flexibility index (Phi) is 8.01. The van der Waals surface area contributed by atoms with Crippen LogP contribution in [0.2, 0.25) is 10.0 Å². The number of carboxylic acids is 1. The van der Waals surface area contributed by atoms with E-state index in [1.54, 1.807) is 18.2 Å². The summed E-state index contributed by atoms with van der Waals surface area (Å²) in [5, 5.41) is 12.1. The molecule has 0 radical (unpaired) electrons. The van der Waals surface area contributed by atoms with Gasteiger partial charge in [-0.15, -0.1) is 0 Å². The molecule has 0 bridgehead atoms. The van der Waals surface area contributed by atoms with Gasteiger partial charge < -0.3 is 14.4 Å². The fraction of sp³-hybridized carbons (Fsp3) is 0.125. The second-order valence-electron chi connectivity index (χ2n) is 9.33. The van der Waals surface area contributed by atoms with E-state index in [4.69, 9.17) is 27.6 Å². The number of benzene rings is 4. The number of amides is 1. The molecule has 0 saturated carbocycles. The van der Waals surface area contributed by atoms with Crippen LogP contribution in [0.25, 0.3) is 22.3 Å². The van der Waals surface area contributed by atoms with Crippen molar-refractivity contribution in [2.75, 3.05) is 0 Å². The van der Waals surface area contributed by atoms with Crippen LogP contribution in [0.5, 0.6) is 0 Å². The van der Waals surface area contributed by atoms with Crippen LogP contribution < -0.4 is 0 Å². The Morgan fingerprint density at radius 2 is 1.56 bits per heavy atom. The van der Waals surface area contributed by atoms with Crippen LogP contribution in [0.1, 0.15) is 16.7 Å². The predicted octanol–water partition coefficient (Wildman–Crippen LogP) is 7.67. The number of halogens is 2. The van der Waals surface area contributed by atoms with Crippen molar-refractivity contribution < 1.29 is 19.1 Å². The van der Waals surface area contributed by atoms with Crippen LogP contribution in [-0.4, -0.2) is 27.9 Å². The largest absolute Gasteiger partial charge is 0.480 e. The molecule has 0 aliphatic carbocycles. The van der Waals surface area contributed by atoms with Gasteiger partial charge in [-0.25, -0.2) is 4.79 Å². The van der Waals surface area contributed by atoms with E-state index in [1.807, 2.05) is 84.9 Å². The van der Waals surface area contributed by atoms with Crippen molar-refractivity contribution in [1.82, 2.24) is 4.90 Å². The third-order valence-corrected chi connectivity index (χ3v) is 7.19. The zero-order valence-electron chi connectivity index (χ0n) is 20.9. The first-order valence-electron chi connectivity index (χ1n) is 12.5. The van der Waals surface area contributed by atoms with Gasteiger partial charge in [0.25, 0.3) is 0 Å². The number of aliphatic carboxylic acids is 1. The van der Waals surface area contributed by atoms with E-state index in [0.29, 0.717) is 21.4 Å². The van der Waals surface area contributed by atoms with E-state index in [9.17, 15) is 14.7 Å². The Labute approximate surface area is 236 Å². The molecule has 1 N–H and O–H groups in total. The Morgan fingerprint density at radius 3 is 2.31 bits per heavy atom. The van der Waals surface area contributed by atoms with E-state index in [2.05, 4.69) is 0 Å². The van der Waals surface area contributed by atoms with Gasteiger partial charge in [0.2, 0.25) is 5.91 Å². The van der Waals surface area contributed by atoms with Gasteiger partial charge in [0.05, 0.1) is 6.42 Å². The highest BCUT2D eigenvalue weighted by Crippen LogP contribution is 2.29. The predicted molar refractivity (Wildman–Crippen MR) is 154 cm³/mol. The molecule has 0 saturated heterocycles. The van der Waals surface area contributed by atoms with Gasteiger partial charge >= 0.3 is 5.97 Å². The van der Waals surface area contributed by atoms with E-state index < -0.39 is 12.0 Å². The van der Waals surface area contributed by atoms with Gasteiger partial charge in [-0.05, 0) is 47.0 Å². The highest BCUT2D eigenvalue weighted by molar-refractivity contribution is 6.35. The molecule has 4 aromatic carbocycles. The lowest BCUT2D eigenvalue weighted by Gasteiger charge is -2.30. The van der Waals surface area contributed by atoms with Crippen molar-refractivity contribution >= 4 is 46.0 Å². The first-order chi connectivity index (χ1) is 18.9. The van der Waals surface area contributed by atoms with Crippen LogP contribution in [-0.2, 0) is 29.0 Å². The minimum absolute atomic E-state index is 0.0577. The molecule has 0 fully saturated rings. The van der Waals surface area contributed by atoms with Crippen molar-refractivity contribution in [1.29, 1.82) is 0 Å². The molecule has 1 aromatic heterocycles. The molecular formula is C32H25Cl2NO4. The van der Waals surface area contributed by atoms with Crippen molar-refractivity contribution in [3.63, 3.8) is 0 Å². The molecule has 7 heteroatoms. The van der Waals surface area contributed by atoms with E-state index >= 15 is 0 Å². The quantitative estimate of drug-likeness (QED) is 0.202. The fourth-order valence-electron chi connectivity index (χ4n) is 4.61. The van der Waals surface area contributed by atoms with Gasteiger partial charge in [-0.2, -0.15) is 0 Å². The first-order valence-corrected chi connectivity index (χ1v) is 13.2. The minimum Gasteiger partial charge on any atom is -0.480 e. The van der Waals surface area contributed by atoms with Crippen LogP contribution in [0.4, 0.5) is 0 Å². The molecule has 0 spiro atoms. The zero-order valence-corrected chi connectivity index (χ0v) is 22.4. The number of fused-ring (bicyclic) bond motifs is 1. The molecule has 1 atom stereocenters. The van der Waals surface area contributed by atoms with Crippen LogP contribution in [0.15, 0.2) is 108 Å². The zero-order chi connectivity index (χ0) is 27.4. The van der Waals surface area contributed by atoms with Gasteiger partial charge in [0, 0.05) is 34.0 Å². The maximum atomic E-state index is 13.7. The number of hydrogen-bond acceptors (Lipinski definition) is 3. The molecule has 5 aromatic rings. The van der Waals surface area contributed by atoms with Crippen molar-refractivity contribution in [2.45, 2.75) is 25.4 Å². The summed E-state index contributed by atoms with van der Waals surface area (Å²) in [5.41, 5.74) is 3.80. The molecule has 5 rings (SSSR count). The highest BCUT2D eigenvalue weighted by Gasteiger charge is 2.30. The fourth-order valence-corrected chi connectivity index (χ4v) is 5.09. The molecule has 1 unspecified atom stereocenters. The summed E-state index contributed by atoms with van der Waals surface area (Å²) in [4.78, 5) is 27.7. The van der Waals surface area contributed by atoms with Gasteiger partial charge in [0.15, 0.2) is 0 Å². The molecule has 196 valence electrons. The molecule has 5 nitrogen and oxygen atoms in total. The number of para-hydroxylation sites is 1. The summed E-state index contributed by atoms with van der Waals surface area (Å²) >= 11 is 12.4. The summed E-state index contributed by atoms with van der Waals surface area (Å²) in [7, 11) is 0. The summed E-state index contributed by atoms with van der Waals surface area (Å²) < 4.78 is 6.03. The first kappa shape index (κ1) is 26.5. The molecule has 0 aliphatic rings. The number of hydrogen-bond donors (Lipinski definition) is 1. The smallest absolute Gasteiger partial charge is 0.326 e. The molecule has 0 aliphatic heterocycles. The summed E-state index contributed by atoms with van der Waals surface area (Å²) in [6, 6.07) is 30.5. The lowest BCUT2D eigenvalue weighted by Crippen LogP contribution is -2.46. The number of carboxylic acid groups (broad SMARTS) is 1. The van der Waals surface area contributed by atoms with E-state index in [0.717, 1.165) is 27.7 Å². The average Bonchev–Trinajstić information content (AvgIpc) is 3.37. The van der Waals surface area contributed by atoms with Crippen molar-refractivity contribution in [3.8, 4) is 11.3 Å². The average molecular weight is 558 g/mol. The third kappa shape index (κ3) is 6.33. The standard InChI is InChI=1S/C32H25Cl2NO4/c33-26-14-13-23(27(34)19-26)18-31(36)35(28(32(37)38)16-21-7-2-1-3-8-21)20-22-9-6-11-24(15-22)30-17-25-10-4-5-12-29(25)39-30/h1-15,17,19,28H,16,18,20H2,(H,37,38). The van der Waals surface area contributed by atoms with Crippen LogP contribution in [0.3, 0.4) is 0 Å². The SMILES string of the molecule is O=C(O)C(Cc1ccccc1)N(Cc1cccc(-c2cc3ccccc3o2)c1)C(=O)Cc1ccc(Cl)cc1Cl. The van der Waals surface area contributed by atoms with Crippen LogP contribution >= 0.6 is 23.2 Å². The van der Waals surface area contributed by atoms with Crippen molar-refractivity contribution in [3.05, 3.63) is 130 Å². The maximum absolute atomic E-state index is 13.7. The normalized spacial score (nSPS) is 11.8. The van der Waals surface area contributed by atoms with Crippen LogP contribution in [0, 0.1) is 0 Å². The molecule has 39 heavy (non-hydrogen) atoms. The Hall–Kier alpha value is -4.06. The summed E-state index contributed by atoms with van der Waals surface area (Å²) in [5.74, 6) is -0.734. The molecule has 1 amide bonds. The number of carbonyl (C=O) groups is 2. The van der Waals surface area contributed by atoms with Gasteiger partial charge in [-0.3, -0.25) is 4.79 Å². The Balaban J connectivity index is 1.48. The van der Waals surface area contributed by atoms with E-state index in [-0.39, 0.29) is 25.3 Å². The highest BCUT2D eigenvalue weighted by atomic mass is 35.5. The summed E-state index contributed by atoms with van der Waals surface area (Å²) in [6.07, 6.45) is 0.108. The number of furan rings is 1.